The highest BCUT2D eigenvalue weighted by molar-refractivity contribution is 5.86. The Morgan fingerprint density at radius 3 is 2.71 bits per heavy atom. The Balaban J connectivity index is 1.60. The van der Waals surface area contributed by atoms with E-state index >= 15 is 0 Å². The Morgan fingerprint density at radius 2 is 2.06 bits per heavy atom. The maximum atomic E-state index is 12.5. The normalized spacial score (nSPS) is 36.5. The Hall–Kier alpha value is -0.410. The summed E-state index contributed by atoms with van der Waals surface area (Å²) < 4.78 is 5.90. The number of piperidine rings is 1. The van der Waals surface area contributed by atoms with Crippen molar-refractivity contribution in [3.8, 4) is 0 Å². The molecule has 2 atom stereocenters. The molecular weight excluding hydrogens is 214 g/mol. The van der Waals surface area contributed by atoms with Crippen LogP contribution in [0.5, 0.6) is 0 Å². The monoisotopic (exact) mass is 237 g/mol. The van der Waals surface area contributed by atoms with Crippen LogP contribution in [0.2, 0.25) is 0 Å². The molecule has 0 aromatic rings. The van der Waals surface area contributed by atoms with Gasteiger partial charge in [-0.2, -0.15) is 0 Å². The summed E-state index contributed by atoms with van der Waals surface area (Å²) >= 11 is 0. The van der Waals surface area contributed by atoms with Crippen molar-refractivity contribution < 1.29 is 9.53 Å². The van der Waals surface area contributed by atoms with E-state index in [-0.39, 0.29) is 17.6 Å². The first kappa shape index (κ1) is 11.7. The summed E-state index contributed by atoms with van der Waals surface area (Å²) in [4.78, 5) is 12.5. The first-order chi connectivity index (χ1) is 8.29. The van der Waals surface area contributed by atoms with Crippen LogP contribution in [0.3, 0.4) is 0 Å². The van der Waals surface area contributed by atoms with Gasteiger partial charge in [-0.05, 0) is 51.5 Å². The fraction of sp³-hybridized carbons (Fsp3) is 0.929. The minimum atomic E-state index is 0.104. The minimum absolute atomic E-state index is 0.104. The third kappa shape index (κ3) is 2.27. The van der Waals surface area contributed by atoms with Gasteiger partial charge < -0.3 is 10.1 Å². The van der Waals surface area contributed by atoms with E-state index in [1.165, 1.54) is 32.1 Å². The van der Waals surface area contributed by atoms with Crippen LogP contribution >= 0.6 is 0 Å². The molecule has 0 amide bonds. The molecule has 0 aromatic heterocycles. The van der Waals surface area contributed by atoms with Crippen molar-refractivity contribution >= 4 is 5.78 Å². The molecule has 3 rings (SSSR count). The number of Topliss-reactive ketones (excluding diaryl/α,β-unsaturated/α-hetero) is 1. The summed E-state index contributed by atoms with van der Waals surface area (Å²) in [5.74, 6) is 0.735. The van der Waals surface area contributed by atoms with E-state index in [0.717, 1.165) is 32.4 Å². The van der Waals surface area contributed by atoms with Gasteiger partial charge in [0.1, 0.15) is 0 Å². The van der Waals surface area contributed by atoms with Crippen LogP contribution in [0.4, 0.5) is 0 Å². The predicted octanol–water partition coefficient (Wildman–Crippen LogP) is 2.05. The molecule has 96 valence electrons. The molecule has 3 aliphatic rings. The molecule has 2 saturated heterocycles. The lowest BCUT2D eigenvalue weighted by molar-refractivity contribution is -0.157. The zero-order chi connectivity index (χ0) is 11.7. The fourth-order valence-corrected chi connectivity index (χ4v) is 3.57. The third-order valence-corrected chi connectivity index (χ3v) is 4.81. The predicted molar refractivity (Wildman–Crippen MR) is 65.9 cm³/mol. The maximum Gasteiger partial charge on any atom is 0.153 e. The summed E-state index contributed by atoms with van der Waals surface area (Å²) in [5.41, 5.74) is 0.104. The van der Waals surface area contributed by atoms with Gasteiger partial charge in [-0.25, -0.2) is 0 Å². The van der Waals surface area contributed by atoms with Gasteiger partial charge in [0, 0.05) is 12.5 Å². The maximum absolute atomic E-state index is 12.5. The van der Waals surface area contributed by atoms with Crippen molar-refractivity contribution in [3.63, 3.8) is 0 Å². The van der Waals surface area contributed by atoms with E-state index in [4.69, 9.17) is 4.74 Å². The van der Waals surface area contributed by atoms with Gasteiger partial charge in [-0.1, -0.05) is 6.42 Å². The highest BCUT2D eigenvalue weighted by Gasteiger charge is 2.45. The SMILES string of the molecule is O=C(C1CCOC2(CCC2)C1)C1CCCCN1. The number of carbonyl (C=O) groups excluding carboxylic acids is 1. The number of nitrogens with one attached hydrogen (secondary N) is 1. The molecule has 2 unspecified atom stereocenters. The molecule has 3 heteroatoms. The standard InChI is InChI=1S/C14H23NO2/c16-13(12-4-1-2-8-15-12)11-5-9-17-14(10-11)6-3-7-14/h11-12,15H,1-10H2. The van der Waals surface area contributed by atoms with Crippen molar-refractivity contribution in [3.05, 3.63) is 0 Å². The van der Waals surface area contributed by atoms with Crippen LogP contribution in [0.15, 0.2) is 0 Å². The molecule has 1 saturated carbocycles. The Labute approximate surface area is 103 Å². The Morgan fingerprint density at radius 1 is 1.18 bits per heavy atom. The van der Waals surface area contributed by atoms with Gasteiger partial charge in [-0.3, -0.25) is 4.79 Å². The fourth-order valence-electron chi connectivity index (χ4n) is 3.57. The summed E-state index contributed by atoms with van der Waals surface area (Å²) in [5, 5.41) is 3.39. The zero-order valence-corrected chi connectivity index (χ0v) is 10.5. The van der Waals surface area contributed by atoms with Gasteiger partial charge in [0.2, 0.25) is 0 Å². The Kier molecular flexibility index (Phi) is 3.22. The van der Waals surface area contributed by atoms with E-state index < -0.39 is 0 Å². The third-order valence-electron chi connectivity index (χ3n) is 4.81. The average molecular weight is 237 g/mol. The number of ketones is 1. The highest BCUT2D eigenvalue weighted by Crippen LogP contribution is 2.44. The van der Waals surface area contributed by atoms with Crippen LogP contribution in [0.1, 0.15) is 51.4 Å². The van der Waals surface area contributed by atoms with Gasteiger partial charge >= 0.3 is 0 Å². The van der Waals surface area contributed by atoms with Crippen LogP contribution in [-0.2, 0) is 9.53 Å². The molecule has 2 heterocycles. The van der Waals surface area contributed by atoms with E-state index in [9.17, 15) is 4.79 Å². The molecule has 1 spiro atoms. The molecule has 3 fully saturated rings. The van der Waals surface area contributed by atoms with Crippen LogP contribution in [-0.4, -0.2) is 30.6 Å². The molecular formula is C14H23NO2. The molecule has 0 radical (unpaired) electrons. The summed E-state index contributed by atoms with van der Waals surface area (Å²) in [6.07, 6.45) is 9.04. The number of hydrogen-bond acceptors (Lipinski definition) is 3. The van der Waals surface area contributed by atoms with Crippen molar-refractivity contribution in [2.45, 2.75) is 63.0 Å². The molecule has 0 aromatic carbocycles. The van der Waals surface area contributed by atoms with Crippen LogP contribution in [0, 0.1) is 5.92 Å². The second-order valence-electron chi connectivity index (χ2n) is 5.98. The molecule has 1 aliphatic carbocycles. The number of ether oxygens (including phenoxy) is 1. The number of rotatable bonds is 2. The number of carbonyl (C=O) groups is 1. The van der Waals surface area contributed by atoms with Gasteiger partial charge in [-0.15, -0.1) is 0 Å². The van der Waals surface area contributed by atoms with E-state index in [2.05, 4.69) is 5.32 Å². The molecule has 1 N–H and O–H groups in total. The van der Waals surface area contributed by atoms with E-state index in [1.54, 1.807) is 0 Å². The Bertz CT molecular complexity index is 293. The van der Waals surface area contributed by atoms with Crippen molar-refractivity contribution in [1.29, 1.82) is 0 Å². The lowest BCUT2D eigenvalue weighted by Crippen LogP contribution is -2.51. The topological polar surface area (TPSA) is 38.3 Å². The minimum Gasteiger partial charge on any atom is -0.375 e. The first-order valence-corrected chi connectivity index (χ1v) is 7.20. The van der Waals surface area contributed by atoms with Crippen LogP contribution in [0.25, 0.3) is 0 Å². The summed E-state index contributed by atoms with van der Waals surface area (Å²) in [7, 11) is 0. The van der Waals surface area contributed by atoms with Gasteiger partial charge in [0.05, 0.1) is 11.6 Å². The van der Waals surface area contributed by atoms with Gasteiger partial charge in [0.15, 0.2) is 5.78 Å². The second-order valence-corrected chi connectivity index (χ2v) is 5.98. The van der Waals surface area contributed by atoms with Crippen LogP contribution < -0.4 is 5.32 Å². The molecule has 2 aliphatic heterocycles. The quantitative estimate of drug-likeness (QED) is 0.799. The number of hydrogen-bond donors (Lipinski definition) is 1. The van der Waals surface area contributed by atoms with Gasteiger partial charge in [0.25, 0.3) is 0 Å². The first-order valence-electron chi connectivity index (χ1n) is 7.20. The lowest BCUT2D eigenvalue weighted by atomic mass is 9.70. The second kappa shape index (κ2) is 4.69. The molecule has 3 nitrogen and oxygen atoms in total. The summed E-state index contributed by atoms with van der Waals surface area (Å²) in [6, 6.07) is 0.143. The smallest absolute Gasteiger partial charge is 0.153 e. The molecule has 0 bridgehead atoms. The van der Waals surface area contributed by atoms with Crippen molar-refractivity contribution in [2.24, 2.45) is 5.92 Å². The van der Waals surface area contributed by atoms with Crippen molar-refractivity contribution in [2.75, 3.05) is 13.2 Å². The van der Waals surface area contributed by atoms with E-state index in [0.29, 0.717) is 5.78 Å². The van der Waals surface area contributed by atoms with Crippen molar-refractivity contribution in [1.82, 2.24) is 5.32 Å². The zero-order valence-electron chi connectivity index (χ0n) is 10.5. The largest absolute Gasteiger partial charge is 0.375 e. The highest BCUT2D eigenvalue weighted by atomic mass is 16.5. The van der Waals surface area contributed by atoms with E-state index in [1.807, 2.05) is 0 Å². The molecule has 17 heavy (non-hydrogen) atoms. The average Bonchev–Trinajstić information content (AvgIpc) is 2.37. The summed E-state index contributed by atoms with van der Waals surface area (Å²) in [6.45, 7) is 1.81. The lowest BCUT2D eigenvalue weighted by Gasteiger charge is -2.47.